The lowest BCUT2D eigenvalue weighted by molar-refractivity contribution is 0.0661. The molecular weight excluding hydrogens is 278 g/mol. The molecule has 0 amide bonds. The van der Waals surface area contributed by atoms with E-state index in [2.05, 4.69) is 27.9 Å². The number of benzene rings is 1. The molecule has 0 saturated carbocycles. The molecule has 2 heterocycles. The Morgan fingerprint density at radius 1 is 1.12 bits per heavy atom. The van der Waals surface area contributed by atoms with Crippen LogP contribution in [0.25, 0.3) is 0 Å². The molecule has 2 aliphatic heterocycles. The summed E-state index contributed by atoms with van der Waals surface area (Å²) in [5.74, 6) is 1.00. The molecule has 1 aromatic carbocycles. The summed E-state index contributed by atoms with van der Waals surface area (Å²) >= 11 is 3.45. The molecule has 2 nitrogen and oxygen atoms in total. The molecule has 0 N–H and O–H groups in total. The van der Waals surface area contributed by atoms with Crippen LogP contribution in [0.3, 0.4) is 0 Å². The topological polar surface area (TPSA) is 12.5 Å². The van der Waals surface area contributed by atoms with E-state index in [0.29, 0.717) is 6.10 Å². The van der Waals surface area contributed by atoms with Crippen LogP contribution >= 0.6 is 15.9 Å². The lowest BCUT2D eigenvalue weighted by Crippen LogP contribution is -2.43. The normalized spacial score (nSPS) is 32.7. The highest BCUT2D eigenvalue weighted by atomic mass is 79.9. The molecule has 1 aromatic rings. The SMILES string of the molecule is CN1C2CCC1CC(Oc1ccc(Br)cc1)C2. The summed E-state index contributed by atoms with van der Waals surface area (Å²) in [7, 11) is 2.26. The summed E-state index contributed by atoms with van der Waals surface area (Å²) in [4.78, 5) is 2.54. The van der Waals surface area contributed by atoms with Crippen LogP contribution in [-0.2, 0) is 0 Å². The van der Waals surface area contributed by atoms with Crippen LogP contribution in [0.2, 0.25) is 0 Å². The number of hydrogen-bond acceptors (Lipinski definition) is 2. The smallest absolute Gasteiger partial charge is 0.119 e. The molecule has 3 heteroatoms. The molecule has 0 radical (unpaired) electrons. The molecule has 2 saturated heterocycles. The summed E-state index contributed by atoms with van der Waals surface area (Å²) in [6.45, 7) is 0. The number of hydrogen-bond donors (Lipinski definition) is 0. The molecule has 3 rings (SSSR count). The number of fused-ring (bicyclic) bond motifs is 2. The number of rotatable bonds is 2. The van der Waals surface area contributed by atoms with Gasteiger partial charge in [0.25, 0.3) is 0 Å². The summed E-state index contributed by atoms with van der Waals surface area (Å²) in [6, 6.07) is 9.66. The van der Waals surface area contributed by atoms with E-state index in [9.17, 15) is 0 Å². The predicted octanol–water partition coefficient (Wildman–Crippen LogP) is 3.45. The lowest BCUT2D eigenvalue weighted by atomic mass is 10.0. The van der Waals surface area contributed by atoms with Gasteiger partial charge in [0.1, 0.15) is 11.9 Å². The molecule has 0 aromatic heterocycles. The maximum Gasteiger partial charge on any atom is 0.119 e. The predicted molar refractivity (Wildman–Crippen MR) is 72.4 cm³/mol. The highest BCUT2D eigenvalue weighted by Gasteiger charge is 2.39. The first kappa shape index (κ1) is 11.5. The fourth-order valence-corrected chi connectivity index (χ4v) is 3.43. The Bertz CT molecular complexity index is 378. The van der Waals surface area contributed by atoms with E-state index in [1.807, 2.05) is 24.3 Å². The summed E-state index contributed by atoms with van der Waals surface area (Å²) < 4.78 is 7.20. The average Bonchev–Trinajstić information content (AvgIpc) is 2.55. The second kappa shape index (κ2) is 4.62. The van der Waals surface area contributed by atoms with E-state index >= 15 is 0 Å². The van der Waals surface area contributed by atoms with Gasteiger partial charge in [-0.3, -0.25) is 0 Å². The van der Waals surface area contributed by atoms with E-state index < -0.39 is 0 Å². The average molecular weight is 296 g/mol. The largest absolute Gasteiger partial charge is 0.490 e. The van der Waals surface area contributed by atoms with Crippen LogP contribution in [0.1, 0.15) is 25.7 Å². The molecule has 92 valence electrons. The monoisotopic (exact) mass is 295 g/mol. The third-order valence-electron chi connectivity index (χ3n) is 4.17. The fourth-order valence-electron chi connectivity index (χ4n) is 3.16. The van der Waals surface area contributed by atoms with Crippen molar-refractivity contribution in [2.75, 3.05) is 7.05 Å². The Kier molecular flexibility index (Phi) is 3.14. The van der Waals surface area contributed by atoms with Gasteiger partial charge in [-0.2, -0.15) is 0 Å². The van der Waals surface area contributed by atoms with Gasteiger partial charge < -0.3 is 9.64 Å². The summed E-state index contributed by atoms with van der Waals surface area (Å²) in [5, 5.41) is 0. The van der Waals surface area contributed by atoms with Crippen molar-refractivity contribution in [3.05, 3.63) is 28.7 Å². The Morgan fingerprint density at radius 3 is 2.29 bits per heavy atom. The zero-order valence-electron chi connectivity index (χ0n) is 10.1. The number of ether oxygens (including phenoxy) is 1. The molecule has 0 spiro atoms. The molecule has 2 aliphatic rings. The minimum Gasteiger partial charge on any atom is -0.490 e. The Balaban J connectivity index is 1.65. The third-order valence-corrected chi connectivity index (χ3v) is 4.70. The van der Waals surface area contributed by atoms with Crippen LogP contribution in [0.4, 0.5) is 0 Å². The first-order valence-corrected chi connectivity index (χ1v) is 7.16. The molecular formula is C14H18BrNO. The second-order valence-electron chi connectivity index (χ2n) is 5.22. The van der Waals surface area contributed by atoms with Gasteiger partial charge in [0.2, 0.25) is 0 Å². The van der Waals surface area contributed by atoms with Gasteiger partial charge in [0.15, 0.2) is 0 Å². The van der Waals surface area contributed by atoms with E-state index in [0.717, 1.165) is 22.3 Å². The second-order valence-corrected chi connectivity index (χ2v) is 6.13. The fraction of sp³-hybridized carbons (Fsp3) is 0.571. The Labute approximate surface area is 111 Å². The molecule has 2 atom stereocenters. The summed E-state index contributed by atoms with van der Waals surface area (Å²) in [5.41, 5.74) is 0. The van der Waals surface area contributed by atoms with Crippen molar-refractivity contribution in [2.24, 2.45) is 0 Å². The quantitative estimate of drug-likeness (QED) is 0.829. The van der Waals surface area contributed by atoms with Crippen LogP contribution < -0.4 is 4.74 Å². The van der Waals surface area contributed by atoms with Gasteiger partial charge >= 0.3 is 0 Å². The van der Waals surface area contributed by atoms with Crippen LogP contribution in [-0.4, -0.2) is 30.1 Å². The molecule has 2 fully saturated rings. The number of piperidine rings is 1. The maximum atomic E-state index is 6.09. The van der Waals surface area contributed by atoms with Gasteiger partial charge in [0, 0.05) is 16.6 Å². The first-order valence-electron chi connectivity index (χ1n) is 6.36. The lowest BCUT2D eigenvalue weighted by Gasteiger charge is -2.36. The van der Waals surface area contributed by atoms with E-state index in [1.165, 1.54) is 25.7 Å². The van der Waals surface area contributed by atoms with Crippen molar-refractivity contribution in [1.29, 1.82) is 0 Å². The maximum absolute atomic E-state index is 6.09. The highest BCUT2D eigenvalue weighted by Crippen LogP contribution is 2.35. The van der Waals surface area contributed by atoms with Crippen molar-refractivity contribution in [2.45, 2.75) is 43.9 Å². The van der Waals surface area contributed by atoms with E-state index in [4.69, 9.17) is 4.74 Å². The molecule has 2 bridgehead atoms. The van der Waals surface area contributed by atoms with Gasteiger partial charge in [-0.1, -0.05) is 15.9 Å². The van der Waals surface area contributed by atoms with E-state index in [-0.39, 0.29) is 0 Å². The van der Waals surface area contributed by atoms with Gasteiger partial charge in [-0.15, -0.1) is 0 Å². The van der Waals surface area contributed by atoms with Gasteiger partial charge in [-0.25, -0.2) is 0 Å². The van der Waals surface area contributed by atoms with Crippen molar-refractivity contribution in [1.82, 2.24) is 4.90 Å². The number of nitrogens with zero attached hydrogens (tertiary/aromatic N) is 1. The van der Waals surface area contributed by atoms with Gasteiger partial charge in [-0.05, 0) is 57.0 Å². The summed E-state index contributed by atoms with van der Waals surface area (Å²) in [6.07, 6.45) is 5.47. The number of halogens is 1. The van der Waals surface area contributed by atoms with Crippen molar-refractivity contribution >= 4 is 15.9 Å². The standard InChI is InChI=1S/C14H18BrNO/c1-16-11-4-5-12(16)9-14(8-11)17-13-6-2-10(15)3-7-13/h2-3,6-7,11-12,14H,4-5,8-9H2,1H3. The van der Waals surface area contributed by atoms with Gasteiger partial charge in [0.05, 0.1) is 0 Å². The molecule has 0 aliphatic carbocycles. The van der Waals surface area contributed by atoms with Crippen molar-refractivity contribution in [3.8, 4) is 5.75 Å². The zero-order valence-corrected chi connectivity index (χ0v) is 11.7. The highest BCUT2D eigenvalue weighted by molar-refractivity contribution is 9.10. The first-order chi connectivity index (χ1) is 8.22. The van der Waals surface area contributed by atoms with Crippen molar-refractivity contribution in [3.63, 3.8) is 0 Å². The van der Waals surface area contributed by atoms with E-state index in [1.54, 1.807) is 0 Å². The zero-order chi connectivity index (χ0) is 11.8. The molecule has 2 unspecified atom stereocenters. The minimum atomic E-state index is 0.407. The minimum absolute atomic E-state index is 0.407. The van der Waals surface area contributed by atoms with Crippen LogP contribution in [0, 0.1) is 0 Å². The Morgan fingerprint density at radius 2 is 1.71 bits per heavy atom. The third kappa shape index (κ3) is 2.36. The molecule has 17 heavy (non-hydrogen) atoms. The Hall–Kier alpha value is -0.540. The van der Waals surface area contributed by atoms with Crippen LogP contribution in [0.15, 0.2) is 28.7 Å². The van der Waals surface area contributed by atoms with Crippen LogP contribution in [0.5, 0.6) is 5.75 Å². The van der Waals surface area contributed by atoms with Crippen molar-refractivity contribution < 1.29 is 4.74 Å².